The molecule has 3 aromatic heterocycles. The van der Waals surface area contributed by atoms with Crippen LogP contribution in [0.4, 0.5) is 5.82 Å². The van der Waals surface area contributed by atoms with Crippen LogP contribution in [0.5, 0.6) is 0 Å². The van der Waals surface area contributed by atoms with Gasteiger partial charge < -0.3 is 19.2 Å². The fourth-order valence-corrected chi connectivity index (χ4v) is 8.64. The van der Waals surface area contributed by atoms with E-state index in [0.717, 1.165) is 56.4 Å². The Bertz CT molecular complexity index is 2310. The molecule has 7 rings (SSSR count). The molecule has 2 saturated heterocycles. The minimum absolute atomic E-state index is 0.0150. The number of hydrogen-bond acceptors (Lipinski definition) is 9. The molecule has 5 heterocycles. The van der Waals surface area contributed by atoms with Crippen LogP contribution < -0.4 is 15.6 Å². The zero-order valence-corrected chi connectivity index (χ0v) is 30.6. The third kappa shape index (κ3) is 6.48. The largest absolute Gasteiger partial charge is 0.461 e. The minimum Gasteiger partial charge on any atom is -0.461 e. The molecule has 0 unspecified atom stereocenters. The van der Waals surface area contributed by atoms with E-state index in [1.165, 1.54) is 0 Å². The highest BCUT2D eigenvalue weighted by molar-refractivity contribution is 7.92. The van der Waals surface area contributed by atoms with E-state index in [1.54, 1.807) is 42.7 Å². The summed E-state index contributed by atoms with van der Waals surface area (Å²) in [6, 6.07) is 12.4. The molecule has 0 saturated carbocycles. The summed E-state index contributed by atoms with van der Waals surface area (Å²) in [6.07, 6.45) is 3.50. The Kier molecular flexibility index (Phi) is 9.13. The number of amides is 1. The second-order valence-electron chi connectivity index (χ2n) is 14.1. The number of carbonyl (C=O) groups is 1. The van der Waals surface area contributed by atoms with Gasteiger partial charge in [0.05, 0.1) is 17.9 Å². The SMILES string of the molecule is CCCCc1nc(C)c(CC(=O)N2CC3(CCNC3)C2)c(=O)n1Cc1ccc(-c2ccccc2S(=O)(=O)Nc2noc(C)c2C)c2oc(C)cc12. The number of aryl methyl sites for hydroxylation is 4. The first-order valence-corrected chi connectivity index (χ1v) is 19.0. The van der Waals surface area contributed by atoms with E-state index >= 15 is 0 Å². The summed E-state index contributed by atoms with van der Waals surface area (Å²) in [4.78, 5) is 34.5. The first kappa shape index (κ1) is 34.7. The van der Waals surface area contributed by atoms with Crippen molar-refractivity contribution in [1.82, 2.24) is 24.9 Å². The molecular formula is C38H44N6O6S. The molecule has 5 aromatic rings. The Hall–Kier alpha value is -4.75. The minimum atomic E-state index is -4.07. The highest BCUT2D eigenvalue weighted by Crippen LogP contribution is 2.38. The zero-order chi connectivity index (χ0) is 36.1. The Morgan fingerprint density at radius 1 is 1.08 bits per heavy atom. The Morgan fingerprint density at radius 3 is 2.57 bits per heavy atom. The lowest BCUT2D eigenvalue weighted by Crippen LogP contribution is -2.59. The van der Waals surface area contributed by atoms with Crippen LogP contribution in [0, 0.1) is 33.1 Å². The summed E-state index contributed by atoms with van der Waals surface area (Å²) in [5.41, 5.74) is 3.95. The second-order valence-corrected chi connectivity index (χ2v) is 15.8. The molecule has 2 fully saturated rings. The van der Waals surface area contributed by atoms with Crippen LogP contribution in [0.2, 0.25) is 0 Å². The maximum Gasteiger partial charge on any atom is 0.263 e. The topological polar surface area (TPSA) is 153 Å². The number of benzene rings is 2. The number of nitrogens with zero attached hydrogens (tertiary/aromatic N) is 4. The number of nitrogens with one attached hydrogen (secondary N) is 2. The number of aromatic nitrogens is 3. The molecule has 0 bridgehead atoms. The standard InChI is InChI=1S/C38H44N6O6S/c1-6-7-12-33-40-25(4)30(18-34(45)43-21-38(22-43)15-16-39-20-38)37(46)44(33)19-27-13-14-29(35-31(27)17-23(2)49-35)28-10-8-9-11-32(28)51(47,48)42-36-24(3)26(5)50-41-36/h8-11,13-14,17,39H,6-7,12,15-16,18-22H2,1-5H3,(H,41,42). The van der Waals surface area contributed by atoms with E-state index in [9.17, 15) is 18.0 Å². The number of carbonyl (C=O) groups excluding carboxylic acids is 1. The number of sulfonamides is 1. The van der Waals surface area contributed by atoms with Gasteiger partial charge in [0.15, 0.2) is 5.82 Å². The van der Waals surface area contributed by atoms with Crippen LogP contribution in [-0.2, 0) is 34.2 Å². The maximum absolute atomic E-state index is 14.3. The van der Waals surface area contributed by atoms with Gasteiger partial charge in [0.25, 0.3) is 15.6 Å². The Morgan fingerprint density at radius 2 is 1.86 bits per heavy atom. The van der Waals surface area contributed by atoms with Crippen molar-refractivity contribution in [2.75, 3.05) is 30.9 Å². The number of fused-ring (bicyclic) bond motifs is 1. The predicted molar refractivity (Wildman–Crippen MR) is 194 cm³/mol. The summed E-state index contributed by atoms with van der Waals surface area (Å²) in [7, 11) is -4.07. The van der Waals surface area contributed by atoms with Gasteiger partial charge in [-0.1, -0.05) is 48.8 Å². The van der Waals surface area contributed by atoms with Crippen LogP contribution in [0.25, 0.3) is 22.1 Å². The van der Waals surface area contributed by atoms with Crippen molar-refractivity contribution in [3.05, 3.63) is 92.5 Å². The van der Waals surface area contributed by atoms with Crippen molar-refractivity contribution in [3.8, 4) is 11.1 Å². The molecule has 1 spiro atoms. The summed E-state index contributed by atoms with van der Waals surface area (Å²) in [5, 5.41) is 8.04. The number of furan rings is 1. The Labute approximate surface area is 297 Å². The smallest absolute Gasteiger partial charge is 0.263 e. The van der Waals surface area contributed by atoms with Crippen LogP contribution in [0.3, 0.4) is 0 Å². The molecule has 13 heteroatoms. The summed E-state index contributed by atoms with van der Waals surface area (Å²) >= 11 is 0. The lowest BCUT2D eigenvalue weighted by molar-refractivity contribution is -0.141. The highest BCUT2D eigenvalue weighted by Gasteiger charge is 2.46. The maximum atomic E-state index is 14.3. The number of anilines is 1. The van der Waals surface area contributed by atoms with Crippen molar-refractivity contribution in [2.24, 2.45) is 5.41 Å². The summed E-state index contributed by atoms with van der Waals surface area (Å²) in [5.74, 6) is 1.93. The van der Waals surface area contributed by atoms with Crippen LogP contribution in [0.15, 0.2) is 61.1 Å². The van der Waals surface area contributed by atoms with E-state index in [4.69, 9.17) is 13.9 Å². The third-order valence-electron chi connectivity index (χ3n) is 10.4. The molecule has 2 aliphatic heterocycles. The molecule has 1 amide bonds. The van der Waals surface area contributed by atoms with Gasteiger partial charge in [0.2, 0.25) is 5.91 Å². The van der Waals surface area contributed by atoms with Gasteiger partial charge in [-0.3, -0.25) is 18.9 Å². The monoisotopic (exact) mass is 712 g/mol. The average Bonchev–Trinajstić information content (AvgIpc) is 3.82. The molecule has 12 nitrogen and oxygen atoms in total. The van der Waals surface area contributed by atoms with E-state index < -0.39 is 10.0 Å². The zero-order valence-electron chi connectivity index (χ0n) is 29.8. The second kappa shape index (κ2) is 13.4. The van der Waals surface area contributed by atoms with Crippen LogP contribution in [0.1, 0.15) is 65.9 Å². The number of likely N-dealkylation sites (tertiary alicyclic amines) is 1. The number of hydrogen-bond donors (Lipinski definition) is 2. The highest BCUT2D eigenvalue weighted by atomic mass is 32.2. The average molecular weight is 713 g/mol. The summed E-state index contributed by atoms with van der Waals surface area (Å²) < 4.78 is 43.2. The van der Waals surface area contributed by atoms with Gasteiger partial charge in [-0.25, -0.2) is 13.4 Å². The van der Waals surface area contributed by atoms with Crippen molar-refractivity contribution >= 4 is 32.7 Å². The first-order valence-electron chi connectivity index (χ1n) is 17.5. The van der Waals surface area contributed by atoms with Crippen molar-refractivity contribution in [2.45, 2.75) is 78.2 Å². The van der Waals surface area contributed by atoms with Gasteiger partial charge in [0.1, 0.15) is 22.9 Å². The lowest BCUT2D eigenvalue weighted by Gasteiger charge is -2.47. The normalized spacial score (nSPS) is 15.5. The molecule has 2 aliphatic rings. The van der Waals surface area contributed by atoms with Gasteiger partial charge in [-0.15, -0.1) is 0 Å². The van der Waals surface area contributed by atoms with E-state index in [2.05, 4.69) is 22.1 Å². The fourth-order valence-electron chi connectivity index (χ4n) is 7.36. The Balaban J connectivity index is 1.24. The molecule has 0 radical (unpaired) electrons. The van der Waals surface area contributed by atoms with Crippen molar-refractivity contribution in [1.29, 1.82) is 0 Å². The van der Waals surface area contributed by atoms with Gasteiger partial charge >= 0.3 is 0 Å². The van der Waals surface area contributed by atoms with E-state index in [-0.39, 0.29) is 40.6 Å². The number of rotatable bonds is 11. The number of unbranched alkanes of at least 4 members (excludes halogenated alkanes) is 1. The molecule has 268 valence electrons. The first-order chi connectivity index (χ1) is 24.4. The molecule has 0 aliphatic carbocycles. The molecular weight excluding hydrogens is 669 g/mol. The molecule has 51 heavy (non-hydrogen) atoms. The van der Waals surface area contributed by atoms with Gasteiger partial charge in [-0.05, 0) is 64.8 Å². The van der Waals surface area contributed by atoms with E-state index in [0.29, 0.717) is 57.3 Å². The predicted octanol–water partition coefficient (Wildman–Crippen LogP) is 5.43. The van der Waals surface area contributed by atoms with Gasteiger partial charge in [0, 0.05) is 64.8 Å². The van der Waals surface area contributed by atoms with Crippen molar-refractivity contribution < 1.29 is 22.2 Å². The molecule has 2 N–H and O–H groups in total. The van der Waals surface area contributed by atoms with E-state index in [1.807, 2.05) is 36.9 Å². The van der Waals surface area contributed by atoms with Gasteiger partial charge in [-0.2, -0.15) is 0 Å². The lowest BCUT2D eigenvalue weighted by atomic mass is 9.79. The van der Waals surface area contributed by atoms with Crippen LogP contribution in [-0.4, -0.2) is 60.1 Å². The van der Waals surface area contributed by atoms with Crippen molar-refractivity contribution in [3.63, 3.8) is 0 Å². The third-order valence-corrected chi connectivity index (χ3v) is 11.8. The molecule has 2 aromatic carbocycles. The quantitative estimate of drug-likeness (QED) is 0.183. The van der Waals surface area contributed by atoms with Crippen LogP contribution >= 0.6 is 0 Å². The molecule has 0 atom stereocenters. The summed E-state index contributed by atoms with van der Waals surface area (Å²) in [6.45, 7) is 12.8. The fraction of sp³-hybridized carbons (Fsp3) is 0.421.